The maximum atomic E-state index is 11.9. The molecule has 0 aliphatic carbocycles. The first-order valence-corrected chi connectivity index (χ1v) is 7.42. The van der Waals surface area contributed by atoms with Crippen LogP contribution in [-0.2, 0) is 24.4 Å². The molecular formula is C18H22N2O3. The molecule has 2 rings (SSSR count). The minimum atomic E-state index is -0.204. The Kier molecular flexibility index (Phi) is 6.44. The summed E-state index contributed by atoms with van der Waals surface area (Å²) in [5, 5.41) is 5.68. The zero-order chi connectivity index (χ0) is 16.5. The average Bonchev–Trinajstić information content (AvgIpc) is 2.59. The Labute approximate surface area is 136 Å². The van der Waals surface area contributed by atoms with E-state index in [9.17, 15) is 4.79 Å². The van der Waals surface area contributed by atoms with E-state index in [1.807, 2.05) is 48.5 Å². The van der Waals surface area contributed by atoms with Gasteiger partial charge in [0.1, 0.15) is 5.75 Å². The maximum Gasteiger partial charge on any atom is 0.315 e. The Bertz CT molecular complexity index is 644. The van der Waals surface area contributed by atoms with E-state index in [-0.39, 0.29) is 6.03 Å². The first kappa shape index (κ1) is 16.8. The van der Waals surface area contributed by atoms with E-state index < -0.39 is 0 Å². The highest BCUT2D eigenvalue weighted by atomic mass is 16.5. The molecule has 0 unspecified atom stereocenters. The number of carbonyl (C=O) groups excluding carboxylic acids is 1. The van der Waals surface area contributed by atoms with Crippen LogP contribution in [0.1, 0.15) is 16.7 Å². The molecule has 0 radical (unpaired) electrons. The summed E-state index contributed by atoms with van der Waals surface area (Å²) in [5.74, 6) is 0.777. The van der Waals surface area contributed by atoms with Crippen molar-refractivity contribution in [3.63, 3.8) is 0 Å². The van der Waals surface area contributed by atoms with Crippen molar-refractivity contribution >= 4 is 6.03 Å². The van der Waals surface area contributed by atoms with Crippen LogP contribution < -0.4 is 15.4 Å². The molecule has 0 aliphatic heterocycles. The van der Waals surface area contributed by atoms with Gasteiger partial charge in [0, 0.05) is 20.2 Å². The van der Waals surface area contributed by atoms with E-state index in [1.165, 1.54) is 0 Å². The predicted molar refractivity (Wildman–Crippen MR) is 89.2 cm³/mol. The van der Waals surface area contributed by atoms with Gasteiger partial charge in [-0.05, 0) is 28.8 Å². The van der Waals surface area contributed by atoms with Crippen LogP contribution in [0.3, 0.4) is 0 Å². The molecule has 0 fully saturated rings. The Balaban J connectivity index is 1.79. The van der Waals surface area contributed by atoms with Crippen molar-refractivity contribution < 1.29 is 14.3 Å². The van der Waals surface area contributed by atoms with E-state index in [0.29, 0.717) is 19.7 Å². The first-order chi connectivity index (χ1) is 11.2. The number of benzene rings is 2. The number of amides is 2. The van der Waals surface area contributed by atoms with E-state index in [1.54, 1.807) is 14.2 Å². The Hall–Kier alpha value is -2.53. The zero-order valence-corrected chi connectivity index (χ0v) is 13.5. The largest absolute Gasteiger partial charge is 0.497 e. The molecule has 0 saturated carbocycles. The second kappa shape index (κ2) is 8.80. The Morgan fingerprint density at radius 3 is 2.17 bits per heavy atom. The minimum absolute atomic E-state index is 0.204. The molecule has 0 heterocycles. The lowest BCUT2D eigenvalue weighted by Gasteiger charge is -2.09. The molecule has 122 valence electrons. The van der Waals surface area contributed by atoms with E-state index in [2.05, 4.69) is 10.6 Å². The minimum Gasteiger partial charge on any atom is -0.497 e. The average molecular weight is 314 g/mol. The fourth-order valence-electron chi connectivity index (χ4n) is 2.21. The predicted octanol–water partition coefficient (Wildman–Crippen LogP) is 2.84. The molecule has 0 spiro atoms. The van der Waals surface area contributed by atoms with Crippen molar-refractivity contribution in [3.05, 3.63) is 65.2 Å². The highest BCUT2D eigenvalue weighted by molar-refractivity contribution is 5.73. The lowest BCUT2D eigenvalue weighted by molar-refractivity contribution is 0.185. The van der Waals surface area contributed by atoms with Gasteiger partial charge in [-0.1, -0.05) is 36.4 Å². The van der Waals surface area contributed by atoms with Crippen LogP contribution in [0.4, 0.5) is 4.79 Å². The van der Waals surface area contributed by atoms with Gasteiger partial charge in [-0.25, -0.2) is 4.79 Å². The van der Waals surface area contributed by atoms with Gasteiger partial charge >= 0.3 is 6.03 Å². The standard InChI is InChI=1S/C18H22N2O3/c1-22-13-16-7-3-5-14(9-16)11-19-18(21)20-12-15-6-4-8-17(10-15)23-2/h3-10H,11-13H2,1-2H3,(H2,19,20,21). The topological polar surface area (TPSA) is 59.6 Å². The maximum absolute atomic E-state index is 11.9. The normalized spacial score (nSPS) is 10.2. The third kappa shape index (κ3) is 5.64. The highest BCUT2D eigenvalue weighted by Crippen LogP contribution is 2.12. The molecular weight excluding hydrogens is 292 g/mol. The van der Waals surface area contributed by atoms with Crippen molar-refractivity contribution in [1.29, 1.82) is 0 Å². The molecule has 0 bridgehead atoms. The van der Waals surface area contributed by atoms with E-state index in [0.717, 1.165) is 22.4 Å². The third-order valence-electron chi connectivity index (χ3n) is 3.34. The second-order valence-electron chi connectivity index (χ2n) is 5.14. The van der Waals surface area contributed by atoms with Crippen LogP contribution in [0.25, 0.3) is 0 Å². The van der Waals surface area contributed by atoms with Crippen molar-refractivity contribution in [3.8, 4) is 5.75 Å². The number of nitrogens with one attached hydrogen (secondary N) is 2. The first-order valence-electron chi connectivity index (χ1n) is 7.42. The number of rotatable bonds is 7. The van der Waals surface area contributed by atoms with E-state index >= 15 is 0 Å². The fraction of sp³-hybridized carbons (Fsp3) is 0.278. The van der Waals surface area contributed by atoms with E-state index in [4.69, 9.17) is 9.47 Å². The molecule has 0 saturated heterocycles. The van der Waals surface area contributed by atoms with Gasteiger partial charge in [0.05, 0.1) is 13.7 Å². The SMILES string of the molecule is COCc1cccc(CNC(=O)NCc2cccc(OC)c2)c1. The smallest absolute Gasteiger partial charge is 0.315 e. The quantitative estimate of drug-likeness (QED) is 0.826. The lowest BCUT2D eigenvalue weighted by Crippen LogP contribution is -2.34. The van der Waals surface area contributed by atoms with Crippen molar-refractivity contribution in [2.24, 2.45) is 0 Å². The summed E-state index contributed by atoms with van der Waals surface area (Å²) in [6.07, 6.45) is 0. The molecule has 2 amide bonds. The Morgan fingerprint density at radius 1 is 0.913 bits per heavy atom. The van der Waals surface area contributed by atoms with Crippen LogP contribution in [0, 0.1) is 0 Å². The fourth-order valence-corrected chi connectivity index (χ4v) is 2.21. The van der Waals surface area contributed by atoms with Crippen molar-refractivity contribution in [2.45, 2.75) is 19.7 Å². The number of urea groups is 1. The van der Waals surface area contributed by atoms with Gasteiger partial charge in [-0.15, -0.1) is 0 Å². The van der Waals surface area contributed by atoms with Crippen LogP contribution in [0.15, 0.2) is 48.5 Å². The number of carbonyl (C=O) groups is 1. The summed E-state index contributed by atoms with van der Waals surface area (Å²) >= 11 is 0. The molecule has 5 heteroatoms. The molecule has 2 aromatic rings. The molecule has 0 aromatic heterocycles. The van der Waals surface area contributed by atoms with Gasteiger partial charge in [0.25, 0.3) is 0 Å². The van der Waals surface area contributed by atoms with Crippen LogP contribution in [0.2, 0.25) is 0 Å². The number of ether oxygens (including phenoxy) is 2. The van der Waals surface area contributed by atoms with Crippen LogP contribution in [0.5, 0.6) is 5.75 Å². The molecule has 2 N–H and O–H groups in total. The second-order valence-corrected chi connectivity index (χ2v) is 5.14. The van der Waals surface area contributed by atoms with Gasteiger partial charge in [0.15, 0.2) is 0 Å². The molecule has 0 aliphatic rings. The number of hydrogen-bond donors (Lipinski definition) is 2. The summed E-state index contributed by atoms with van der Waals surface area (Å²) < 4.78 is 10.3. The summed E-state index contributed by atoms with van der Waals surface area (Å²) in [5.41, 5.74) is 3.11. The van der Waals surface area contributed by atoms with Gasteiger partial charge in [-0.3, -0.25) is 0 Å². The Morgan fingerprint density at radius 2 is 1.52 bits per heavy atom. The monoisotopic (exact) mass is 314 g/mol. The van der Waals surface area contributed by atoms with Crippen molar-refractivity contribution in [1.82, 2.24) is 10.6 Å². The number of hydrogen-bond acceptors (Lipinski definition) is 3. The van der Waals surface area contributed by atoms with Crippen molar-refractivity contribution in [2.75, 3.05) is 14.2 Å². The molecule has 5 nitrogen and oxygen atoms in total. The highest BCUT2D eigenvalue weighted by Gasteiger charge is 2.02. The van der Waals surface area contributed by atoms with Crippen LogP contribution in [-0.4, -0.2) is 20.3 Å². The van der Waals surface area contributed by atoms with Gasteiger partial charge in [0.2, 0.25) is 0 Å². The molecule has 23 heavy (non-hydrogen) atoms. The summed E-state index contributed by atoms with van der Waals surface area (Å²) in [6.45, 7) is 1.49. The summed E-state index contributed by atoms with van der Waals surface area (Å²) in [7, 11) is 3.29. The number of methoxy groups -OCH3 is 2. The lowest BCUT2D eigenvalue weighted by atomic mass is 10.1. The molecule has 0 atom stereocenters. The van der Waals surface area contributed by atoms with Crippen LogP contribution >= 0.6 is 0 Å². The van der Waals surface area contributed by atoms with Gasteiger partial charge < -0.3 is 20.1 Å². The summed E-state index contributed by atoms with van der Waals surface area (Å²) in [4.78, 5) is 11.9. The molecule has 2 aromatic carbocycles. The van der Waals surface area contributed by atoms with Gasteiger partial charge in [-0.2, -0.15) is 0 Å². The zero-order valence-electron chi connectivity index (χ0n) is 13.5. The third-order valence-corrected chi connectivity index (χ3v) is 3.34. The summed E-state index contributed by atoms with van der Waals surface area (Å²) in [6, 6.07) is 15.4.